The maximum atomic E-state index is 13.7. The zero-order valence-electron chi connectivity index (χ0n) is 22.1. The minimum Gasteiger partial charge on any atom is -0.395 e. The van der Waals surface area contributed by atoms with Crippen LogP contribution in [0.5, 0.6) is 11.5 Å². The van der Waals surface area contributed by atoms with Crippen LogP contribution in [-0.2, 0) is 4.57 Å². The fourth-order valence-corrected chi connectivity index (χ4v) is 5.84. The molecule has 0 amide bonds. The zero-order chi connectivity index (χ0) is 28.1. The molecule has 4 nitrogen and oxygen atoms in total. The summed E-state index contributed by atoms with van der Waals surface area (Å²) >= 11 is 0. The van der Waals surface area contributed by atoms with E-state index in [1.165, 1.54) is 0 Å². The van der Waals surface area contributed by atoms with Crippen LogP contribution in [0.4, 0.5) is 0 Å². The smallest absolute Gasteiger partial charge is 0.395 e. The van der Waals surface area contributed by atoms with Crippen molar-refractivity contribution in [3.05, 3.63) is 158 Å². The highest BCUT2D eigenvalue weighted by Gasteiger charge is 2.30. The van der Waals surface area contributed by atoms with Crippen molar-refractivity contribution in [2.45, 2.75) is 0 Å². The summed E-state index contributed by atoms with van der Waals surface area (Å²) in [7, 11) is -4.65. The lowest BCUT2D eigenvalue weighted by molar-refractivity contribution is 0.292. The summed E-state index contributed by atoms with van der Waals surface area (Å²) in [4.78, 5) is 11.2. The third-order valence-corrected chi connectivity index (χ3v) is 7.63. The van der Waals surface area contributed by atoms with Gasteiger partial charge in [0.05, 0.1) is 0 Å². The highest BCUT2D eigenvalue weighted by molar-refractivity contribution is 7.48. The molecule has 0 bridgehead atoms. The zero-order valence-corrected chi connectivity index (χ0v) is 23.0. The second-order valence-corrected chi connectivity index (χ2v) is 10.8. The van der Waals surface area contributed by atoms with Gasteiger partial charge in [-0.25, -0.2) is 4.57 Å². The molecule has 0 saturated heterocycles. The van der Waals surface area contributed by atoms with E-state index in [2.05, 4.69) is 0 Å². The maximum absolute atomic E-state index is 13.7. The minimum atomic E-state index is -4.65. The molecule has 0 fully saturated rings. The Morgan fingerprint density at radius 3 is 1.05 bits per heavy atom. The molecule has 0 unspecified atom stereocenters. The topological polar surface area (TPSA) is 55.8 Å². The maximum Gasteiger partial charge on any atom is 0.584 e. The van der Waals surface area contributed by atoms with Crippen LogP contribution >= 0.6 is 7.82 Å². The molecule has 0 spiro atoms. The molecule has 41 heavy (non-hydrogen) atoms. The first kappa shape index (κ1) is 26.3. The number of benzene rings is 6. The normalized spacial score (nSPS) is 11.1. The average molecular weight is 555 g/mol. The van der Waals surface area contributed by atoms with Gasteiger partial charge in [-0.15, -0.1) is 0 Å². The van der Waals surface area contributed by atoms with Crippen LogP contribution in [0.3, 0.4) is 0 Å². The van der Waals surface area contributed by atoms with Gasteiger partial charge in [0.1, 0.15) is 11.5 Å². The Hall–Kier alpha value is -4.89. The molecule has 6 rings (SSSR count). The Labute approximate surface area is 239 Å². The SMILES string of the molecule is O=P(O)(Oc1cccc(-c2ccccc2)c1-c1ccccc1)Oc1cccc(-c2ccccc2)c1-c1ccccc1. The van der Waals surface area contributed by atoms with E-state index in [9.17, 15) is 9.46 Å². The Morgan fingerprint density at radius 1 is 0.390 bits per heavy atom. The highest BCUT2D eigenvalue weighted by Crippen LogP contribution is 2.52. The van der Waals surface area contributed by atoms with Crippen molar-refractivity contribution in [3.63, 3.8) is 0 Å². The molecule has 0 aliphatic heterocycles. The molecule has 200 valence electrons. The molecule has 0 aliphatic carbocycles. The summed E-state index contributed by atoms with van der Waals surface area (Å²) in [5.41, 5.74) is 6.82. The molecule has 0 heterocycles. The number of hydrogen-bond donors (Lipinski definition) is 1. The van der Waals surface area contributed by atoms with Gasteiger partial charge in [-0.1, -0.05) is 146 Å². The van der Waals surface area contributed by atoms with Gasteiger partial charge in [0, 0.05) is 11.1 Å². The number of phosphoric ester groups is 1. The summed E-state index contributed by atoms with van der Waals surface area (Å²) in [5.74, 6) is 0.507. The third-order valence-electron chi connectivity index (χ3n) is 6.77. The van der Waals surface area contributed by atoms with E-state index in [1.807, 2.05) is 146 Å². The number of rotatable bonds is 8. The van der Waals surface area contributed by atoms with Gasteiger partial charge in [-0.3, -0.25) is 4.89 Å². The number of phosphoric acid groups is 1. The van der Waals surface area contributed by atoms with Crippen LogP contribution < -0.4 is 9.05 Å². The molecular formula is C36H27O4P. The van der Waals surface area contributed by atoms with Crippen molar-refractivity contribution < 1.29 is 18.5 Å². The fraction of sp³-hybridized carbons (Fsp3) is 0. The van der Waals surface area contributed by atoms with Crippen LogP contribution in [0.25, 0.3) is 44.5 Å². The lowest BCUT2D eigenvalue weighted by Gasteiger charge is -2.21. The third kappa shape index (κ3) is 5.85. The van der Waals surface area contributed by atoms with Gasteiger partial charge < -0.3 is 9.05 Å². The van der Waals surface area contributed by atoms with Crippen LogP contribution in [0.2, 0.25) is 0 Å². The van der Waals surface area contributed by atoms with Gasteiger partial charge in [0.2, 0.25) is 0 Å². The molecule has 6 aromatic rings. The van der Waals surface area contributed by atoms with Crippen molar-refractivity contribution in [2.75, 3.05) is 0 Å². The van der Waals surface area contributed by atoms with Crippen molar-refractivity contribution in [3.8, 4) is 56.0 Å². The molecule has 1 N–H and O–H groups in total. The summed E-state index contributed by atoms with van der Waals surface area (Å²) in [5, 5.41) is 0. The standard InChI is InChI=1S/C36H27O4P/c37-41(38,39-33-25-13-23-31(27-15-5-1-6-16-27)35(33)29-19-9-3-10-20-29)40-34-26-14-24-32(28-17-7-2-8-18-28)36(34)30-21-11-4-12-22-30/h1-26H,(H,37,38). The Kier molecular flexibility index (Phi) is 7.51. The summed E-state index contributed by atoms with van der Waals surface area (Å²) < 4.78 is 25.5. The molecule has 0 atom stereocenters. The quantitative estimate of drug-likeness (QED) is 0.190. The second kappa shape index (κ2) is 11.7. The molecule has 0 aromatic heterocycles. The van der Waals surface area contributed by atoms with Gasteiger partial charge in [-0.2, -0.15) is 0 Å². The largest absolute Gasteiger partial charge is 0.584 e. The van der Waals surface area contributed by atoms with Crippen molar-refractivity contribution in [1.82, 2.24) is 0 Å². The predicted octanol–water partition coefficient (Wildman–Crippen LogP) is 9.91. The van der Waals surface area contributed by atoms with Crippen LogP contribution in [0, 0.1) is 0 Å². The molecule has 5 heteroatoms. The molecule has 0 radical (unpaired) electrons. The van der Waals surface area contributed by atoms with Crippen molar-refractivity contribution in [1.29, 1.82) is 0 Å². The fourth-order valence-electron chi connectivity index (χ4n) is 5.00. The summed E-state index contributed by atoms with van der Waals surface area (Å²) in [6.07, 6.45) is 0. The Morgan fingerprint density at radius 2 is 0.707 bits per heavy atom. The van der Waals surface area contributed by atoms with E-state index >= 15 is 0 Å². The first-order valence-electron chi connectivity index (χ1n) is 13.3. The highest BCUT2D eigenvalue weighted by atomic mass is 31.2. The van der Waals surface area contributed by atoms with Gasteiger partial charge >= 0.3 is 7.82 Å². The lowest BCUT2D eigenvalue weighted by Crippen LogP contribution is -2.03. The van der Waals surface area contributed by atoms with E-state index in [1.54, 1.807) is 12.1 Å². The van der Waals surface area contributed by atoms with E-state index in [0.29, 0.717) is 11.1 Å². The Bertz CT molecular complexity index is 1670. The van der Waals surface area contributed by atoms with Crippen molar-refractivity contribution in [2.24, 2.45) is 0 Å². The lowest BCUT2D eigenvalue weighted by atomic mass is 9.94. The molecule has 0 saturated carbocycles. The molecule has 0 aliphatic rings. The molecule has 6 aromatic carbocycles. The monoisotopic (exact) mass is 554 g/mol. The summed E-state index contributed by atoms with van der Waals surface area (Å²) in [6, 6.07) is 50.1. The minimum absolute atomic E-state index is 0.254. The van der Waals surface area contributed by atoms with Crippen LogP contribution in [-0.4, -0.2) is 4.89 Å². The van der Waals surface area contributed by atoms with Crippen molar-refractivity contribution >= 4 is 7.82 Å². The second-order valence-electron chi connectivity index (χ2n) is 9.47. The van der Waals surface area contributed by atoms with E-state index in [4.69, 9.17) is 9.05 Å². The number of hydrogen-bond acceptors (Lipinski definition) is 3. The van der Waals surface area contributed by atoms with Gasteiger partial charge in [0.15, 0.2) is 0 Å². The molecular weight excluding hydrogens is 527 g/mol. The predicted molar refractivity (Wildman–Crippen MR) is 166 cm³/mol. The first-order chi connectivity index (χ1) is 20.1. The van der Waals surface area contributed by atoms with E-state index in [0.717, 1.165) is 33.4 Å². The van der Waals surface area contributed by atoms with Crippen LogP contribution in [0.15, 0.2) is 158 Å². The Balaban J connectivity index is 1.43. The average Bonchev–Trinajstić information content (AvgIpc) is 3.02. The summed E-state index contributed by atoms with van der Waals surface area (Å²) in [6.45, 7) is 0. The van der Waals surface area contributed by atoms with Crippen LogP contribution in [0.1, 0.15) is 0 Å². The van der Waals surface area contributed by atoms with Gasteiger partial charge in [0.25, 0.3) is 0 Å². The van der Waals surface area contributed by atoms with E-state index < -0.39 is 7.82 Å². The van der Waals surface area contributed by atoms with E-state index in [-0.39, 0.29) is 11.5 Å². The van der Waals surface area contributed by atoms with Gasteiger partial charge in [-0.05, 0) is 45.5 Å². The first-order valence-corrected chi connectivity index (χ1v) is 14.8.